The van der Waals surface area contributed by atoms with Crippen LogP contribution in [-0.4, -0.2) is 31.8 Å². The van der Waals surface area contributed by atoms with Gasteiger partial charge in [-0.3, -0.25) is 9.59 Å². The molecule has 1 aromatic rings. The zero-order chi connectivity index (χ0) is 15.2. The Bertz CT molecular complexity index is 614. The maximum Gasteiger partial charge on any atom is 0.318 e. The third-order valence-electron chi connectivity index (χ3n) is 4.09. The van der Waals surface area contributed by atoms with E-state index in [1.54, 1.807) is 20.1 Å². The third-order valence-corrected chi connectivity index (χ3v) is 4.09. The van der Waals surface area contributed by atoms with Gasteiger partial charge in [0.1, 0.15) is 5.92 Å². The summed E-state index contributed by atoms with van der Waals surface area (Å²) in [5.74, 6) is -0.881. The second-order valence-electron chi connectivity index (χ2n) is 5.51. The Hall–Kier alpha value is -2.24. The molecule has 0 unspecified atom stereocenters. The predicted octanol–water partition coefficient (Wildman–Crippen LogP) is 1.20. The molecule has 2 aliphatic heterocycles. The van der Waals surface area contributed by atoms with Crippen LogP contribution < -0.4 is 14.8 Å². The van der Waals surface area contributed by atoms with E-state index in [0.717, 1.165) is 5.56 Å². The lowest BCUT2D eigenvalue weighted by molar-refractivity contribution is -0.158. The molecule has 0 aliphatic carbocycles. The van der Waals surface area contributed by atoms with E-state index in [0.29, 0.717) is 17.9 Å². The number of amides is 1. The first kappa shape index (κ1) is 13.7. The lowest BCUT2D eigenvalue weighted by Gasteiger charge is -2.46. The molecular weight excluding hydrogens is 274 g/mol. The quantitative estimate of drug-likeness (QED) is 0.654. The molecule has 1 aromatic carbocycles. The summed E-state index contributed by atoms with van der Waals surface area (Å²) in [6.07, 6.45) is 0.513. The Morgan fingerprint density at radius 2 is 2.19 bits per heavy atom. The summed E-state index contributed by atoms with van der Waals surface area (Å²) in [4.78, 5) is 24.2. The number of carbonyl (C=O) groups is 2. The van der Waals surface area contributed by atoms with E-state index in [1.807, 2.05) is 12.1 Å². The van der Waals surface area contributed by atoms with E-state index in [4.69, 9.17) is 14.2 Å². The SMILES string of the molecule is COC(=O)[C@H]1C(=O)N[C@@]2(C)C[C@H]1c1cccc(OC)c1O2. The Kier molecular flexibility index (Phi) is 3.04. The van der Waals surface area contributed by atoms with Gasteiger partial charge in [0.2, 0.25) is 5.91 Å². The molecule has 1 fully saturated rings. The smallest absolute Gasteiger partial charge is 0.318 e. The molecule has 1 saturated heterocycles. The first-order valence-electron chi connectivity index (χ1n) is 6.75. The molecule has 1 N–H and O–H groups in total. The molecule has 2 heterocycles. The van der Waals surface area contributed by atoms with Crippen LogP contribution in [0.5, 0.6) is 11.5 Å². The van der Waals surface area contributed by atoms with Crippen molar-refractivity contribution in [3.63, 3.8) is 0 Å². The number of piperidine rings is 1. The molecule has 0 saturated carbocycles. The normalized spacial score (nSPS) is 29.8. The lowest BCUT2D eigenvalue weighted by Crippen LogP contribution is -2.62. The van der Waals surface area contributed by atoms with Gasteiger partial charge in [0.05, 0.1) is 14.2 Å². The topological polar surface area (TPSA) is 73.9 Å². The summed E-state index contributed by atoms with van der Waals surface area (Å²) in [6.45, 7) is 1.79. The number of nitrogens with one attached hydrogen (secondary N) is 1. The fourth-order valence-electron chi connectivity index (χ4n) is 3.18. The van der Waals surface area contributed by atoms with Crippen molar-refractivity contribution in [3.8, 4) is 11.5 Å². The van der Waals surface area contributed by atoms with Crippen LogP contribution in [0.15, 0.2) is 18.2 Å². The summed E-state index contributed by atoms with van der Waals surface area (Å²) >= 11 is 0. The van der Waals surface area contributed by atoms with Crippen molar-refractivity contribution < 1.29 is 23.8 Å². The van der Waals surface area contributed by atoms with Gasteiger partial charge >= 0.3 is 5.97 Å². The standard InChI is InChI=1S/C15H17NO5/c1-15-7-9(11(13(17)16-15)14(18)20-3)8-5-4-6-10(19-2)12(8)21-15/h4-6,9,11H,7H2,1-3H3,(H,16,17)/t9-,11+,15+/m0/s1. The first-order chi connectivity index (χ1) is 9.99. The van der Waals surface area contributed by atoms with Crippen molar-refractivity contribution in [2.45, 2.75) is 25.0 Å². The van der Waals surface area contributed by atoms with Gasteiger partial charge in [-0.05, 0) is 13.0 Å². The predicted molar refractivity (Wildman–Crippen MR) is 73.0 cm³/mol. The molecule has 112 valence electrons. The molecule has 6 heteroatoms. The van der Waals surface area contributed by atoms with Crippen molar-refractivity contribution >= 4 is 11.9 Å². The van der Waals surface area contributed by atoms with Crippen molar-refractivity contribution in [1.82, 2.24) is 5.32 Å². The first-order valence-corrected chi connectivity index (χ1v) is 6.75. The molecule has 21 heavy (non-hydrogen) atoms. The number of esters is 1. The summed E-state index contributed by atoms with van der Waals surface area (Å²) < 4.78 is 16.0. The summed E-state index contributed by atoms with van der Waals surface area (Å²) in [7, 11) is 2.84. The minimum atomic E-state index is -0.863. The second-order valence-corrected chi connectivity index (χ2v) is 5.51. The highest BCUT2D eigenvalue weighted by Crippen LogP contribution is 2.50. The zero-order valence-corrected chi connectivity index (χ0v) is 12.1. The highest BCUT2D eigenvalue weighted by atomic mass is 16.5. The molecule has 2 bridgehead atoms. The maximum absolute atomic E-state index is 12.3. The van der Waals surface area contributed by atoms with E-state index < -0.39 is 17.6 Å². The fraction of sp³-hybridized carbons (Fsp3) is 0.467. The van der Waals surface area contributed by atoms with Gasteiger partial charge < -0.3 is 19.5 Å². The van der Waals surface area contributed by atoms with Gasteiger partial charge in [-0.25, -0.2) is 0 Å². The van der Waals surface area contributed by atoms with Crippen LogP contribution in [0.2, 0.25) is 0 Å². The monoisotopic (exact) mass is 291 g/mol. The molecule has 3 rings (SSSR count). The van der Waals surface area contributed by atoms with Crippen LogP contribution >= 0.6 is 0 Å². The highest BCUT2D eigenvalue weighted by Gasteiger charge is 2.52. The zero-order valence-electron chi connectivity index (χ0n) is 12.1. The third kappa shape index (κ3) is 2.02. The number of methoxy groups -OCH3 is 2. The Morgan fingerprint density at radius 3 is 2.86 bits per heavy atom. The number of fused-ring (bicyclic) bond motifs is 4. The van der Waals surface area contributed by atoms with Crippen LogP contribution in [-0.2, 0) is 14.3 Å². The van der Waals surface area contributed by atoms with E-state index in [9.17, 15) is 9.59 Å². The molecular formula is C15H17NO5. The van der Waals surface area contributed by atoms with Crippen LogP contribution in [0, 0.1) is 5.92 Å². The van der Waals surface area contributed by atoms with Gasteiger partial charge in [-0.2, -0.15) is 0 Å². The number of hydrogen-bond acceptors (Lipinski definition) is 5. The molecule has 3 atom stereocenters. The molecule has 1 amide bonds. The minimum Gasteiger partial charge on any atom is -0.493 e. The Balaban J connectivity index is 2.14. The van der Waals surface area contributed by atoms with Gasteiger partial charge in [0.15, 0.2) is 17.2 Å². The molecule has 0 radical (unpaired) electrons. The average Bonchev–Trinajstić information content (AvgIpc) is 2.45. The number of carbonyl (C=O) groups excluding carboxylic acids is 2. The van der Waals surface area contributed by atoms with E-state index in [1.165, 1.54) is 7.11 Å². The van der Waals surface area contributed by atoms with Gasteiger partial charge in [0.25, 0.3) is 0 Å². The number of hydrogen-bond donors (Lipinski definition) is 1. The van der Waals surface area contributed by atoms with Crippen LogP contribution in [0.1, 0.15) is 24.8 Å². The van der Waals surface area contributed by atoms with Gasteiger partial charge in [-0.15, -0.1) is 0 Å². The molecule has 6 nitrogen and oxygen atoms in total. The Labute approximate surface area is 122 Å². The molecule has 2 aliphatic rings. The fourth-order valence-corrected chi connectivity index (χ4v) is 3.18. The van der Waals surface area contributed by atoms with Crippen LogP contribution in [0.3, 0.4) is 0 Å². The van der Waals surface area contributed by atoms with Gasteiger partial charge in [-0.1, -0.05) is 12.1 Å². The van der Waals surface area contributed by atoms with Crippen LogP contribution in [0.25, 0.3) is 0 Å². The highest BCUT2D eigenvalue weighted by molar-refractivity contribution is 6.00. The number of ether oxygens (including phenoxy) is 3. The van der Waals surface area contributed by atoms with E-state index in [-0.39, 0.29) is 11.8 Å². The summed E-state index contributed by atoms with van der Waals surface area (Å²) in [5.41, 5.74) is -0.0365. The second kappa shape index (κ2) is 4.65. The van der Waals surface area contributed by atoms with E-state index >= 15 is 0 Å². The van der Waals surface area contributed by atoms with E-state index in [2.05, 4.69) is 5.32 Å². The van der Waals surface area contributed by atoms with Crippen molar-refractivity contribution in [1.29, 1.82) is 0 Å². The van der Waals surface area contributed by atoms with Crippen molar-refractivity contribution in [2.75, 3.05) is 14.2 Å². The van der Waals surface area contributed by atoms with Crippen molar-refractivity contribution in [3.05, 3.63) is 23.8 Å². The molecule has 0 spiro atoms. The summed E-state index contributed by atoms with van der Waals surface area (Å²) in [6, 6.07) is 5.47. The molecule has 0 aromatic heterocycles. The largest absolute Gasteiger partial charge is 0.493 e. The number of rotatable bonds is 2. The Morgan fingerprint density at radius 1 is 1.43 bits per heavy atom. The number of benzene rings is 1. The van der Waals surface area contributed by atoms with Crippen molar-refractivity contribution in [2.24, 2.45) is 5.92 Å². The van der Waals surface area contributed by atoms with Gasteiger partial charge in [0, 0.05) is 17.9 Å². The summed E-state index contributed by atoms with van der Waals surface area (Å²) in [5, 5.41) is 2.76. The average molecular weight is 291 g/mol. The maximum atomic E-state index is 12.3. The minimum absolute atomic E-state index is 0.282. The lowest BCUT2D eigenvalue weighted by atomic mass is 9.74. The van der Waals surface area contributed by atoms with Crippen LogP contribution in [0.4, 0.5) is 0 Å². The number of para-hydroxylation sites is 1.